The highest BCUT2D eigenvalue weighted by Crippen LogP contribution is 2.25. The highest BCUT2D eigenvalue weighted by molar-refractivity contribution is 5.94. The Morgan fingerprint density at radius 1 is 1.29 bits per heavy atom. The minimum atomic E-state index is -1.23. The van der Waals surface area contributed by atoms with Crippen LogP contribution in [0.5, 0.6) is 11.5 Å². The number of carboxylic acid groups (broad SMARTS) is 1. The summed E-state index contributed by atoms with van der Waals surface area (Å²) in [4.78, 5) is 11.0. The average molecular weight is 291 g/mol. The van der Waals surface area contributed by atoms with Gasteiger partial charge in [-0.1, -0.05) is 12.1 Å². The van der Waals surface area contributed by atoms with Gasteiger partial charge in [-0.2, -0.15) is 0 Å². The molecule has 0 aliphatic rings. The lowest BCUT2D eigenvalue weighted by atomic mass is 10.1. The Balaban J connectivity index is 2.15. The highest BCUT2D eigenvalue weighted by atomic mass is 19.1. The van der Waals surface area contributed by atoms with Gasteiger partial charge in [-0.05, 0) is 23.8 Å². The maximum Gasteiger partial charge on any atom is 0.337 e. The van der Waals surface area contributed by atoms with Crippen molar-refractivity contribution in [2.45, 2.75) is 6.61 Å². The van der Waals surface area contributed by atoms with E-state index in [2.05, 4.69) is 0 Å². The molecule has 0 atom stereocenters. The number of nitrogen functional groups attached to an aromatic ring is 1. The summed E-state index contributed by atoms with van der Waals surface area (Å²) in [6.07, 6.45) is 0. The summed E-state index contributed by atoms with van der Waals surface area (Å²) in [5.74, 6) is -1.39. The largest absolute Gasteiger partial charge is 0.497 e. The van der Waals surface area contributed by atoms with Crippen molar-refractivity contribution < 1.29 is 23.8 Å². The van der Waals surface area contributed by atoms with E-state index >= 15 is 0 Å². The summed E-state index contributed by atoms with van der Waals surface area (Å²) in [6.45, 7) is 0.101. The van der Waals surface area contributed by atoms with E-state index in [1.54, 1.807) is 31.4 Å². The number of hydrogen-bond donors (Lipinski definition) is 2. The van der Waals surface area contributed by atoms with Gasteiger partial charge >= 0.3 is 5.97 Å². The summed E-state index contributed by atoms with van der Waals surface area (Å²) in [5.41, 5.74) is 5.90. The molecular formula is C15H14FNO4. The van der Waals surface area contributed by atoms with Gasteiger partial charge in [0.15, 0.2) is 11.6 Å². The Hall–Kier alpha value is -2.76. The number of halogens is 1. The molecule has 2 aromatic rings. The number of nitrogens with two attached hydrogens (primary N) is 1. The van der Waals surface area contributed by atoms with Gasteiger partial charge in [0.05, 0.1) is 12.7 Å². The van der Waals surface area contributed by atoms with Gasteiger partial charge in [-0.25, -0.2) is 9.18 Å². The summed E-state index contributed by atoms with van der Waals surface area (Å²) in [5, 5.41) is 8.95. The maximum atomic E-state index is 13.7. The van der Waals surface area contributed by atoms with Crippen LogP contribution in [0.1, 0.15) is 15.9 Å². The molecule has 0 saturated heterocycles. The molecule has 0 fully saturated rings. The van der Waals surface area contributed by atoms with Crippen LogP contribution in [-0.2, 0) is 6.61 Å². The topological polar surface area (TPSA) is 81.8 Å². The van der Waals surface area contributed by atoms with Gasteiger partial charge < -0.3 is 20.3 Å². The van der Waals surface area contributed by atoms with E-state index in [4.69, 9.17) is 20.3 Å². The normalized spacial score (nSPS) is 10.2. The fourth-order valence-corrected chi connectivity index (χ4v) is 1.75. The van der Waals surface area contributed by atoms with Crippen LogP contribution < -0.4 is 15.2 Å². The second-order valence-electron chi connectivity index (χ2n) is 4.31. The first-order chi connectivity index (χ1) is 10.0. The van der Waals surface area contributed by atoms with Crippen molar-refractivity contribution in [3.63, 3.8) is 0 Å². The van der Waals surface area contributed by atoms with Gasteiger partial charge in [-0.15, -0.1) is 0 Å². The molecule has 0 amide bonds. The van der Waals surface area contributed by atoms with E-state index < -0.39 is 11.8 Å². The summed E-state index contributed by atoms with van der Waals surface area (Å²) in [6, 6.07) is 9.06. The van der Waals surface area contributed by atoms with Gasteiger partial charge in [0.2, 0.25) is 0 Å². The van der Waals surface area contributed by atoms with Crippen LogP contribution in [0.25, 0.3) is 0 Å². The Morgan fingerprint density at radius 3 is 2.52 bits per heavy atom. The smallest absolute Gasteiger partial charge is 0.337 e. The Bertz CT molecular complexity index is 655. The van der Waals surface area contributed by atoms with Crippen molar-refractivity contribution in [3.05, 3.63) is 53.3 Å². The van der Waals surface area contributed by atoms with Crippen molar-refractivity contribution in [2.24, 2.45) is 0 Å². The molecule has 0 aromatic heterocycles. The van der Waals surface area contributed by atoms with Crippen LogP contribution in [0.3, 0.4) is 0 Å². The fraction of sp³-hybridized carbons (Fsp3) is 0.133. The number of carboxylic acids is 1. The zero-order valence-electron chi connectivity index (χ0n) is 11.3. The lowest BCUT2D eigenvalue weighted by Gasteiger charge is -2.10. The number of anilines is 1. The lowest BCUT2D eigenvalue weighted by molar-refractivity contribution is 0.0697. The molecule has 110 valence electrons. The minimum Gasteiger partial charge on any atom is -0.497 e. The van der Waals surface area contributed by atoms with Crippen molar-refractivity contribution in [1.82, 2.24) is 0 Å². The second kappa shape index (κ2) is 6.13. The van der Waals surface area contributed by atoms with Crippen LogP contribution in [0.4, 0.5) is 10.1 Å². The van der Waals surface area contributed by atoms with Crippen molar-refractivity contribution in [2.75, 3.05) is 12.8 Å². The van der Waals surface area contributed by atoms with Crippen LogP contribution in [0.2, 0.25) is 0 Å². The number of rotatable bonds is 5. The highest BCUT2D eigenvalue weighted by Gasteiger charge is 2.14. The Kier molecular flexibility index (Phi) is 4.27. The van der Waals surface area contributed by atoms with E-state index in [0.29, 0.717) is 5.75 Å². The quantitative estimate of drug-likeness (QED) is 0.828. The van der Waals surface area contributed by atoms with Gasteiger partial charge in [0, 0.05) is 11.8 Å². The van der Waals surface area contributed by atoms with Crippen molar-refractivity contribution in [1.29, 1.82) is 0 Å². The molecule has 0 bridgehead atoms. The third-order valence-electron chi connectivity index (χ3n) is 2.89. The van der Waals surface area contributed by atoms with E-state index in [1.165, 1.54) is 0 Å². The average Bonchev–Trinajstić information content (AvgIpc) is 2.46. The lowest BCUT2D eigenvalue weighted by Crippen LogP contribution is -2.05. The zero-order chi connectivity index (χ0) is 15.4. The Labute approximate surface area is 120 Å². The Morgan fingerprint density at radius 2 is 1.95 bits per heavy atom. The SMILES string of the molecule is COc1ccc(COc2cc(C(=O)O)c(N)cc2F)cc1. The third kappa shape index (κ3) is 3.42. The third-order valence-corrected chi connectivity index (χ3v) is 2.89. The van der Waals surface area contributed by atoms with Crippen LogP contribution >= 0.6 is 0 Å². The molecule has 2 aromatic carbocycles. The molecule has 6 heteroatoms. The first-order valence-electron chi connectivity index (χ1n) is 6.09. The molecule has 3 N–H and O–H groups in total. The molecular weight excluding hydrogens is 277 g/mol. The van der Waals surface area contributed by atoms with Gasteiger partial charge in [-0.3, -0.25) is 0 Å². The van der Waals surface area contributed by atoms with E-state index in [0.717, 1.165) is 17.7 Å². The number of benzene rings is 2. The molecule has 0 aliphatic heterocycles. The molecule has 0 heterocycles. The number of methoxy groups -OCH3 is 1. The molecule has 0 unspecified atom stereocenters. The number of carbonyl (C=O) groups is 1. The zero-order valence-corrected chi connectivity index (χ0v) is 11.3. The standard InChI is InChI=1S/C15H14FNO4/c1-20-10-4-2-9(3-5-10)8-21-14-6-11(15(18)19)13(17)7-12(14)16/h2-7H,8,17H2,1H3,(H,18,19). The summed E-state index contributed by atoms with van der Waals surface area (Å²) >= 11 is 0. The van der Waals surface area contributed by atoms with E-state index in [1.807, 2.05) is 0 Å². The van der Waals surface area contributed by atoms with Crippen molar-refractivity contribution >= 4 is 11.7 Å². The molecule has 21 heavy (non-hydrogen) atoms. The second-order valence-corrected chi connectivity index (χ2v) is 4.31. The first-order valence-corrected chi connectivity index (χ1v) is 6.09. The summed E-state index contributed by atoms with van der Waals surface area (Å²) < 4.78 is 24.0. The van der Waals surface area contributed by atoms with Crippen LogP contribution in [0, 0.1) is 5.82 Å². The number of ether oxygens (including phenoxy) is 2. The van der Waals surface area contributed by atoms with E-state index in [9.17, 15) is 9.18 Å². The van der Waals surface area contributed by atoms with Gasteiger partial charge in [0.25, 0.3) is 0 Å². The minimum absolute atomic E-state index is 0.101. The molecule has 0 spiro atoms. The maximum absolute atomic E-state index is 13.7. The fourth-order valence-electron chi connectivity index (χ4n) is 1.75. The molecule has 0 radical (unpaired) electrons. The first kappa shape index (κ1) is 14.6. The number of aromatic carboxylic acids is 1. The predicted octanol–water partition coefficient (Wildman–Crippen LogP) is 2.69. The van der Waals surface area contributed by atoms with Gasteiger partial charge in [0.1, 0.15) is 12.4 Å². The summed E-state index contributed by atoms with van der Waals surface area (Å²) in [7, 11) is 1.56. The molecule has 2 rings (SSSR count). The molecule has 5 nitrogen and oxygen atoms in total. The van der Waals surface area contributed by atoms with Crippen molar-refractivity contribution in [3.8, 4) is 11.5 Å². The monoisotopic (exact) mass is 291 g/mol. The number of hydrogen-bond acceptors (Lipinski definition) is 4. The molecule has 0 aliphatic carbocycles. The van der Waals surface area contributed by atoms with E-state index in [-0.39, 0.29) is 23.6 Å². The van der Waals surface area contributed by atoms with Crippen LogP contribution in [0.15, 0.2) is 36.4 Å². The predicted molar refractivity (Wildman–Crippen MR) is 75.1 cm³/mol. The van der Waals surface area contributed by atoms with Crippen LogP contribution in [-0.4, -0.2) is 18.2 Å². The molecule has 0 saturated carbocycles.